The van der Waals surface area contributed by atoms with E-state index in [0.717, 1.165) is 29.4 Å². The van der Waals surface area contributed by atoms with Crippen molar-refractivity contribution >= 4 is 15.9 Å². The molecular formula is C20H26N2O3S. The Balaban J connectivity index is 2.10. The molecule has 0 fully saturated rings. The van der Waals surface area contributed by atoms with E-state index in [-0.39, 0.29) is 25.0 Å². The lowest BCUT2D eigenvalue weighted by atomic mass is 9.99. The first-order valence-corrected chi connectivity index (χ1v) is 10.5. The van der Waals surface area contributed by atoms with Gasteiger partial charge >= 0.3 is 0 Å². The zero-order chi connectivity index (χ0) is 19.2. The highest BCUT2D eigenvalue weighted by Crippen LogP contribution is 2.20. The van der Waals surface area contributed by atoms with E-state index in [2.05, 4.69) is 5.32 Å². The fraction of sp³-hybridized carbons (Fsp3) is 0.350. The van der Waals surface area contributed by atoms with Gasteiger partial charge in [-0.2, -0.15) is 4.31 Å². The summed E-state index contributed by atoms with van der Waals surface area (Å²) in [6, 6.07) is 17.0. The molecule has 6 heteroatoms. The molecule has 2 aromatic rings. The summed E-state index contributed by atoms with van der Waals surface area (Å²) >= 11 is 0. The minimum absolute atomic E-state index is 0.137. The lowest BCUT2D eigenvalue weighted by Crippen LogP contribution is -2.41. The van der Waals surface area contributed by atoms with Crippen LogP contribution in [0.1, 0.15) is 36.1 Å². The molecule has 0 heterocycles. The van der Waals surface area contributed by atoms with Crippen LogP contribution in [0.3, 0.4) is 0 Å². The van der Waals surface area contributed by atoms with E-state index < -0.39 is 10.0 Å². The monoisotopic (exact) mass is 374 g/mol. The third-order valence-electron chi connectivity index (χ3n) is 4.30. The van der Waals surface area contributed by atoms with Crippen LogP contribution in [-0.2, 0) is 21.4 Å². The number of amides is 1. The second-order valence-electron chi connectivity index (χ2n) is 6.40. The second kappa shape index (κ2) is 8.96. The summed E-state index contributed by atoms with van der Waals surface area (Å²) in [5, 5.41) is 2.97. The van der Waals surface area contributed by atoms with Crippen LogP contribution >= 0.6 is 0 Å². The lowest BCUT2D eigenvalue weighted by Gasteiger charge is -2.23. The third-order valence-corrected chi connectivity index (χ3v) is 5.49. The molecule has 2 rings (SSSR count). The highest BCUT2D eigenvalue weighted by atomic mass is 32.2. The SMILES string of the molecule is CCC(NC(=O)CN(Cc1ccccc1)S(C)(=O)=O)c1ccccc1C. The lowest BCUT2D eigenvalue weighted by molar-refractivity contribution is -0.122. The van der Waals surface area contributed by atoms with Gasteiger partial charge < -0.3 is 5.32 Å². The number of carbonyl (C=O) groups is 1. The average Bonchev–Trinajstić information content (AvgIpc) is 2.60. The Bertz CT molecular complexity index is 835. The molecule has 0 aliphatic carbocycles. The largest absolute Gasteiger partial charge is 0.348 e. The summed E-state index contributed by atoms with van der Waals surface area (Å²) in [7, 11) is -3.50. The number of benzene rings is 2. The standard InChI is InChI=1S/C20H26N2O3S/c1-4-19(18-13-9-8-10-16(18)2)21-20(23)15-22(26(3,24)25)14-17-11-6-5-7-12-17/h5-13,19H,4,14-15H2,1-3H3,(H,21,23). The molecule has 5 nitrogen and oxygen atoms in total. The van der Waals surface area contributed by atoms with Gasteiger partial charge in [-0.15, -0.1) is 0 Å². The van der Waals surface area contributed by atoms with E-state index in [1.807, 2.05) is 68.4 Å². The van der Waals surface area contributed by atoms with Crippen molar-refractivity contribution in [1.82, 2.24) is 9.62 Å². The van der Waals surface area contributed by atoms with Crippen molar-refractivity contribution in [3.63, 3.8) is 0 Å². The van der Waals surface area contributed by atoms with Crippen LogP contribution in [0.25, 0.3) is 0 Å². The maximum absolute atomic E-state index is 12.5. The van der Waals surface area contributed by atoms with Crippen LogP contribution in [0.15, 0.2) is 54.6 Å². The molecule has 1 unspecified atom stereocenters. The maximum Gasteiger partial charge on any atom is 0.235 e. The number of carbonyl (C=O) groups excluding carboxylic acids is 1. The van der Waals surface area contributed by atoms with E-state index >= 15 is 0 Å². The number of nitrogens with zero attached hydrogens (tertiary/aromatic N) is 1. The molecule has 1 amide bonds. The Kier molecular flexibility index (Phi) is 6.94. The normalized spacial score (nSPS) is 12.8. The molecule has 1 N–H and O–H groups in total. The molecule has 0 saturated carbocycles. The van der Waals surface area contributed by atoms with Crippen LogP contribution in [0.5, 0.6) is 0 Å². The van der Waals surface area contributed by atoms with Crippen LogP contribution in [-0.4, -0.2) is 31.4 Å². The van der Waals surface area contributed by atoms with Crippen molar-refractivity contribution in [2.24, 2.45) is 0 Å². The first kappa shape index (κ1) is 20.1. The zero-order valence-corrected chi connectivity index (χ0v) is 16.3. The Morgan fingerprint density at radius 3 is 2.27 bits per heavy atom. The fourth-order valence-corrected chi connectivity index (χ4v) is 3.59. The van der Waals surface area contributed by atoms with Gasteiger partial charge in [0.25, 0.3) is 0 Å². The fourth-order valence-electron chi connectivity index (χ4n) is 2.86. The van der Waals surface area contributed by atoms with Crippen molar-refractivity contribution in [2.45, 2.75) is 32.9 Å². The molecule has 2 aromatic carbocycles. The van der Waals surface area contributed by atoms with E-state index in [4.69, 9.17) is 0 Å². The minimum Gasteiger partial charge on any atom is -0.348 e. The first-order chi connectivity index (χ1) is 12.3. The average molecular weight is 375 g/mol. The van der Waals surface area contributed by atoms with Crippen LogP contribution in [0.2, 0.25) is 0 Å². The number of sulfonamides is 1. The zero-order valence-electron chi connectivity index (χ0n) is 15.5. The number of aryl methyl sites for hydroxylation is 1. The minimum atomic E-state index is -3.50. The van der Waals surface area contributed by atoms with E-state index in [1.54, 1.807) is 0 Å². The molecule has 0 saturated heterocycles. The summed E-state index contributed by atoms with van der Waals surface area (Å²) in [4.78, 5) is 12.5. The predicted molar refractivity (Wildman–Crippen MR) is 104 cm³/mol. The number of hydrogen-bond donors (Lipinski definition) is 1. The highest BCUT2D eigenvalue weighted by Gasteiger charge is 2.22. The molecule has 0 aliphatic rings. The molecule has 140 valence electrons. The van der Waals surface area contributed by atoms with Crippen molar-refractivity contribution in [1.29, 1.82) is 0 Å². The van der Waals surface area contributed by atoms with Gasteiger partial charge in [-0.1, -0.05) is 61.5 Å². The molecule has 0 aliphatic heterocycles. The van der Waals surface area contributed by atoms with Crippen LogP contribution in [0, 0.1) is 6.92 Å². The molecule has 0 aromatic heterocycles. The molecule has 0 spiro atoms. The summed E-state index contributed by atoms with van der Waals surface area (Å²) in [5.41, 5.74) is 3.00. The summed E-state index contributed by atoms with van der Waals surface area (Å²) < 4.78 is 25.4. The van der Waals surface area contributed by atoms with Gasteiger partial charge in [-0.05, 0) is 30.0 Å². The molecule has 0 bridgehead atoms. The predicted octanol–water partition coefficient (Wildman–Crippen LogP) is 3.02. The Labute approximate surface area is 156 Å². The highest BCUT2D eigenvalue weighted by molar-refractivity contribution is 7.88. The van der Waals surface area contributed by atoms with Gasteiger partial charge in [-0.3, -0.25) is 4.79 Å². The van der Waals surface area contributed by atoms with Gasteiger partial charge in [0, 0.05) is 6.54 Å². The molecule has 26 heavy (non-hydrogen) atoms. The van der Waals surface area contributed by atoms with Crippen LogP contribution < -0.4 is 5.32 Å². The topological polar surface area (TPSA) is 66.5 Å². The molecule has 0 radical (unpaired) electrons. The quantitative estimate of drug-likeness (QED) is 0.772. The van der Waals surface area contributed by atoms with Gasteiger partial charge in [0.05, 0.1) is 18.8 Å². The van der Waals surface area contributed by atoms with Crippen LogP contribution in [0.4, 0.5) is 0 Å². The van der Waals surface area contributed by atoms with E-state index in [0.29, 0.717) is 0 Å². The van der Waals surface area contributed by atoms with Gasteiger partial charge in [0.15, 0.2) is 0 Å². The third kappa shape index (κ3) is 5.68. The van der Waals surface area contributed by atoms with Crippen molar-refractivity contribution in [2.75, 3.05) is 12.8 Å². The molecule has 1 atom stereocenters. The van der Waals surface area contributed by atoms with Crippen molar-refractivity contribution < 1.29 is 13.2 Å². The maximum atomic E-state index is 12.5. The van der Waals surface area contributed by atoms with Crippen molar-refractivity contribution in [3.8, 4) is 0 Å². The summed E-state index contributed by atoms with van der Waals surface area (Å²) in [6.45, 7) is 3.97. The Morgan fingerprint density at radius 2 is 1.69 bits per heavy atom. The number of hydrogen-bond acceptors (Lipinski definition) is 3. The van der Waals surface area contributed by atoms with Crippen molar-refractivity contribution in [3.05, 3.63) is 71.3 Å². The number of rotatable bonds is 8. The van der Waals surface area contributed by atoms with Gasteiger partial charge in [-0.25, -0.2) is 8.42 Å². The Hall–Kier alpha value is -2.18. The second-order valence-corrected chi connectivity index (χ2v) is 8.38. The summed E-state index contributed by atoms with van der Waals surface area (Å²) in [5.74, 6) is -0.304. The smallest absolute Gasteiger partial charge is 0.235 e. The van der Waals surface area contributed by atoms with E-state index in [1.165, 1.54) is 4.31 Å². The Morgan fingerprint density at radius 1 is 1.08 bits per heavy atom. The summed E-state index contributed by atoms with van der Waals surface area (Å²) in [6.07, 6.45) is 1.86. The molecular weight excluding hydrogens is 348 g/mol. The first-order valence-electron chi connectivity index (χ1n) is 8.65. The van der Waals surface area contributed by atoms with E-state index in [9.17, 15) is 13.2 Å². The van der Waals surface area contributed by atoms with Gasteiger partial charge in [0.1, 0.15) is 0 Å². The van der Waals surface area contributed by atoms with Gasteiger partial charge in [0.2, 0.25) is 15.9 Å². The number of nitrogens with one attached hydrogen (secondary N) is 1.